The van der Waals surface area contributed by atoms with E-state index in [0.29, 0.717) is 25.5 Å². The van der Waals surface area contributed by atoms with Crippen LogP contribution in [0.5, 0.6) is 0 Å². The average Bonchev–Trinajstić information content (AvgIpc) is 2.66. The van der Waals surface area contributed by atoms with Gasteiger partial charge in [0.1, 0.15) is 0 Å². The molecule has 1 heterocycles. The number of amides is 1. The molecule has 0 aliphatic carbocycles. The fraction of sp³-hybridized carbons (Fsp3) is 0.600. The summed E-state index contributed by atoms with van der Waals surface area (Å²) >= 11 is 0. The molecule has 2 rings (SSSR count). The van der Waals surface area contributed by atoms with Gasteiger partial charge in [-0.1, -0.05) is 12.1 Å². The predicted octanol–water partition coefficient (Wildman–Crippen LogP) is 1.80. The number of carbonyl (C=O) groups is 1. The van der Waals surface area contributed by atoms with E-state index in [2.05, 4.69) is 46.7 Å². The molecule has 1 saturated heterocycles. The number of benzene rings is 1. The first-order valence-electron chi connectivity index (χ1n) is 9.75. The number of nitrogens with two attached hydrogens (primary N) is 1. The molecule has 0 aromatic heterocycles. The minimum absolute atomic E-state index is 0.219. The van der Waals surface area contributed by atoms with Gasteiger partial charge in [-0.25, -0.2) is 4.99 Å². The van der Waals surface area contributed by atoms with Crippen molar-refractivity contribution < 1.29 is 9.53 Å². The van der Waals surface area contributed by atoms with Crippen LogP contribution in [0.3, 0.4) is 0 Å². The van der Waals surface area contributed by atoms with E-state index in [4.69, 9.17) is 15.5 Å². The van der Waals surface area contributed by atoms with Crippen molar-refractivity contribution in [1.29, 1.82) is 0 Å². The lowest BCUT2D eigenvalue weighted by molar-refractivity contribution is -0.119. The standard InChI is InChI=1S/C20H33N5O2/c1-3-22-20(25-11-4-5-17(15-25)13-19(21)26)24-14-16-6-8-18(9-7-16)23-10-12-27-2/h6-9,17,23H,3-5,10-15H2,1-2H3,(H2,21,26)(H,22,24). The van der Waals surface area contributed by atoms with Crippen LogP contribution in [0, 0.1) is 5.92 Å². The Morgan fingerprint density at radius 2 is 2.15 bits per heavy atom. The van der Waals surface area contributed by atoms with E-state index < -0.39 is 0 Å². The average molecular weight is 376 g/mol. The molecule has 1 aliphatic heterocycles. The molecule has 1 aromatic carbocycles. The maximum absolute atomic E-state index is 11.2. The SMILES string of the molecule is CCNC(=NCc1ccc(NCCOC)cc1)N1CCCC(CC(N)=O)C1. The Hall–Kier alpha value is -2.28. The Balaban J connectivity index is 1.95. The summed E-state index contributed by atoms with van der Waals surface area (Å²) in [5.74, 6) is 1.01. The lowest BCUT2D eigenvalue weighted by Crippen LogP contribution is -2.47. The number of primary amides is 1. The Bertz CT molecular complexity index is 603. The number of rotatable bonds is 9. The highest BCUT2D eigenvalue weighted by molar-refractivity contribution is 5.80. The number of hydrogen-bond donors (Lipinski definition) is 3. The quantitative estimate of drug-likeness (QED) is 0.348. The van der Waals surface area contributed by atoms with Crippen molar-refractivity contribution in [1.82, 2.24) is 10.2 Å². The number of ether oxygens (including phenoxy) is 1. The van der Waals surface area contributed by atoms with Gasteiger partial charge in [0, 0.05) is 45.4 Å². The molecule has 1 aromatic rings. The van der Waals surface area contributed by atoms with Crippen molar-refractivity contribution in [3.8, 4) is 0 Å². The number of carbonyl (C=O) groups excluding carboxylic acids is 1. The topological polar surface area (TPSA) is 92.0 Å². The van der Waals surface area contributed by atoms with E-state index in [1.807, 2.05) is 0 Å². The van der Waals surface area contributed by atoms with Crippen LogP contribution in [0.4, 0.5) is 5.69 Å². The first-order chi connectivity index (χ1) is 13.1. The summed E-state index contributed by atoms with van der Waals surface area (Å²) in [4.78, 5) is 18.3. The zero-order valence-electron chi connectivity index (χ0n) is 16.5. The molecule has 150 valence electrons. The summed E-state index contributed by atoms with van der Waals surface area (Å²) < 4.78 is 5.04. The van der Waals surface area contributed by atoms with E-state index in [9.17, 15) is 4.79 Å². The highest BCUT2D eigenvalue weighted by Crippen LogP contribution is 2.19. The highest BCUT2D eigenvalue weighted by Gasteiger charge is 2.23. The molecule has 1 unspecified atom stereocenters. The molecule has 7 nitrogen and oxygen atoms in total. The monoisotopic (exact) mass is 375 g/mol. The van der Waals surface area contributed by atoms with Crippen LogP contribution in [0.25, 0.3) is 0 Å². The van der Waals surface area contributed by atoms with E-state index in [-0.39, 0.29) is 5.91 Å². The van der Waals surface area contributed by atoms with Crippen LogP contribution in [0.15, 0.2) is 29.3 Å². The van der Waals surface area contributed by atoms with Crippen LogP contribution >= 0.6 is 0 Å². The second kappa shape index (κ2) is 11.4. The summed E-state index contributed by atoms with van der Waals surface area (Å²) in [6, 6.07) is 8.32. The molecular weight excluding hydrogens is 342 g/mol. The van der Waals surface area contributed by atoms with Gasteiger partial charge in [0.05, 0.1) is 13.2 Å². The largest absolute Gasteiger partial charge is 0.383 e. The van der Waals surface area contributed by atoms with Crippen LogP contribution in [0.2, 0.25) is 0 Å². The van der Waals surface area contributed by atoms with E-state index in [1.54, 1.807) is 7.11 Å². The van der Waals surface area contributed by atoms with Gasteiger partial charge in [0.25, 0.3) is 0 Å². The first kappa shape index (κ1) is 21.0. The summed E-state index contributed by atoms with van der Waals surface area (Å²) in [7, 11) is 1.70. The van der Waals surface area contributed by atoms with E-state index in [0.717, 1.165) is 56.2 Å². The van der Waals surface area contributed by atoms with Crippen molar-refractivity contribution in [3.63, 3.8) is 0 Å². The summed E-state index contributed by atoms with van der Waals surface area (Å²) in [6.45, 7) is 6.78. The fourth-order valence-corrected chi connectivity index (χ4v) is 3.33. The third kappa shape index (κ3) is 7.46. The second-order valence-corrected chi connectivity index (χ2v) is 6.91. The Morgan fingerprint density at radius 1 is 1.37 bits per heavy atom. The number of nitrogens with zero attached hydrogens (tertiary/aromatic N) is 2. The van der Waals surface area contributed by atoms with Crippen LogP contribution < -0.4 is 16.4 Å². The maximum atomic E-state index is 11.2. The molecule has 0 saturated carbocycles. The molecule has 0 radical (unpaired) electrons. The van der Waals surface area contributed by atoms with Gasteiger partial charge >= 0.3 is 0 Å². The minimum atomic E-state index is -0.219. The zero-order chi connectivity index (χ0) is 19.5. The van der Waals surface area contributed by atoms with Crippen molar-refractivity contribution in [2.24, 2.45) is 16.6 Å². The molecule has 1 fully saturated rings. The predicted molar refractivity (Wildman–Crippen MR) is 110 cm³/mol. The Morgan fingerprint density at radius 3 is 2.81 bits per heavy atom. The van der Waals surface area contributed by atoms with Crippen LogP contribution in [-0.4, -0.2) is 56.7 Å². The van der Waals surface area contributed by atoms with Gasteiger partial charge in [0.2, 0.25) is 5.91 Å². The lowest BCUT2D eigenvalue weighted by atomic mass is 9.95. The van der Waals surface area contributed by atoms with Gasteiger partial charge in [0.15, 0.2) is 5.96 Å². The number of methoxy groups -OCH3 is 1. The normalized spacial score (nSPS) is 17.6. The fourth-order valence-electron chi connectivity index (χ4n) is 3.33. The summed E-state index contributed by atoms with van der Waals surface area (Å²) in [5.41, 5.74) is 7.61. The number of guanidine groups is 1. The number of aliphatic imine (C=N–C) groups is 1. The number of piperidine rings is 1. The van der Waals surface area contributed by atoms with Crippen LogP contribution in [0.1, 0.15) is 31.7 Å². The number of anilines is 1. The van der Waals surface area contributed by atoms with E-state index >= 15 is 0 Å². The molecule has 0 bridgehead atoms. The van der Waals surface area contributed by atoms with Crippen molar-refractivity contribution in [2.75, 3.05) is 45.2 Å². The van der Waals surface area contributed by atoms with E-state index in [1.165, 1.54) is 0 Å². The van der Waals surface area contributed by atoms with Crippen molar-refractivity contribution in [3.05, 3.63) is 29.8 Å². The number of nitrogens with one attached hydrogen (secondary N) is 2. The number of hydrogen-bond acceptors (Lipinski definition) is 4. The Kier molecular flexibility index (Phi) is 8.91. The lowest BCUT2D eigenvalue weighted by Gasteiger charge is -2.34. The smallest absolute Gasteiger partial charge is 0.217 e. The van der Waals surface area contributed by atoms with Gasteiger partial charge in [-0.3, -0.25) is 4.79 Å². The zero-order valence-corrected chi connectivity index (χ0v) is 16.5. The van der Waals surface area contributed by atoms with Crippen LogP contribution in [-0.2, 0) is 16.1 Å². The van der Waals surface area contributed by atoms with Gasteiger partial charge in [-0.2, -0.15) is 0 Å². The highest BCUT2D eigenvalue weighted by atomic mass is 16.5. The van der Waals surface area contributed by atoms with Gasteiger partial charge < -0.3 is 26.0 Å². The second-order valence-electron chi connectivity index (χ2n) is 6.91. The first-order valence-corrected chi connectivity index (χ1v) is 9.75. The van der Waals surface area contributed by atoms with Gasteiger partial charge in [-0.15, -0.1) is 0 Å². The molecule has 1 aliphatic rings. The summed E-state index contributed by atoms with van der Waals surface area (Å²) in [5, 5.41) is 6.69. The molecule has 7 heteroatoms. The number of likely N-dealkylation sites (tertiary alicyclic amines) is 1. The summed E-state index contributed by atoms with van der Waals surface area (Å²) in [6.07, 6.45) is 2.56. The third-order valence-corrected chi connectivity index (χ3v) is 4.64. The molecule has 1 atom stereocenters. The Labute approximate surface area is 162 Å². The van der Waals surface area contributed by atoms with Crippen molar-refractivity contribution in [2.45, 2.75) is 32.7 Å². The minimum Gasteiger partial charge on any atom is -0.383 e. The molecule has 27 heavy (non-hydrogen) atoms. The molecular formula is C20H33N5O2. The molecule has 4 N–H and O–H groups in total. The molecule has 1 amide bonds. The third-order valence-electron chi connectivity index (χ3n) is 4.64. The van der Waals surface area contributed by atoms with Gasteiger partial charge in [-0.05, 0) is 43.4 Å². The van der Waals surface area contributed by atoms with Crippen molar-refractivity contribution >= 4 is 17.6 Å². The molecule has 0 spiro atoms. The maximum Gasteiger partial charge on any atom is 0.217 e.